The zero-order valence-corrected chi connectivity index (χ0v) is 12.2. The van der Waals surface area contributed by atoms with Crippen molar-refractivity contribution in [2.75, 3.05) is 0 Å². The molecule has 0 saturated heterocycles. The second kappa shape index (κ2) is 5.16. The Morgan fingerprint density at radius 1 is 1.29 bits per heavy atom. The highest BCUT2D eigenvalue weighted by Gasteiger charge is 2.18. The monoisotopic (exact) mass is 338 g/mol. The summed E-state index contributed by atoms with van der Waals surface area (Å²) in [6.45, 7) is 0. The van der Waals surface area contributed by atoms with Crippen molar-refractivity contribution < 1.29 is 13.2 Å². The molecule has 1 saturated carbocycles. The number of halogens is 2. The van der Waals surface area contributed by atoms with Crippen LogP contribution in [0.25, 0.3) is 0 Å². The number of hydrogen-bond acceptors (Lipinski definition) is 3. The van der Waals surface area contributed by atoms with E-state index in [4.69, 9.17) is 15.4 Å². The second-order valence-electron chi connectivity index (χ2n) is 4.05. The van der Waals surface area contributed by atoms with E-state index in [0.29, 0.717) is 10.2 Å². The van der Waals surface area contributed by atoms with Crippen LogP contribution in [-0.4, -0.2) is 14.5 Å². The smallest absolute Gasteiger partial charge is 0.262 e. The molecule has 1 fully saturated rings. The first kappa shape index (κ1) is 13.2. The van der Waals surface area contributed by atoms with Crippen molar-refractivity contribution in [3.05, 3.63) is 22.7 Å². The van der Waals surface area contributed by atoms with Gasteiger partial charge in [-0.3, -0.25) is 0 Å². The minimum atomic E-state index is -3.71. The predicted molar refractivity (Wildman–Crippen MR) is 70.1 cm³/mol. The second-order valence-corrected chi connectivity index (χ2v) is 7.44. The molecule has 1 aliphatic rings. The van der Waals surface area contributed by atoms with Gasteiger partial charge in [-0.15, -0.1) is 0 Å². The van der Waals surface area contributed by atoms with Crippen LogP contribution in [0.3, 0.4) is 0 Å². The number of rotatable bonds is 3. The van der Waals surface area contributed by atoms with E-state index in [2.05, 4.69) is 15.9 Å². The molecular formula is C11H12BrClO3S. The first-order valence-electron chi connectivity index (χ1n) is 5.38. The maximum absolute atomic E-state index is 11.2. The van der Waals surface area contributed by atoms with E-state index in [1.807, 2.05) is 0 Å². The molecule has 17 heavy (non-hydrogen) atoms. The Morgan fingerprint density at radius 3 is 2.47 bits per heavy atom. The Bertz CT molecular complexity index is 509. The summed E-state index contributed by atoms with van der Waals surface area (Å²) in [5.41, 5.74) is 0. The summed E-state index contributed by atoms with van der Waals surface area (Å²) >= 11 is 3.19. The summed E-state index contributed by atoms with van der Waals surface area (Å²) in [6, 6.07) is 4.74. The molecule has 0 radical (unpaired) electrons. The summed E-state index contributed by atoms with van der Waals surface area (Å²) < 4.78 is 28.6. The molecule has 1 aliphatic carbocycles. The molecule has 6 heteroatoms. The van der Waals surface area contributed by atoms with Gasteiger partial charge in [-0.2, -0.15) is 0 Å². The Hall–Kier alpha value is -0.260. The third kappa shape index (κ3) is 3.36. The number of benzene rings is 1. The summed E-state index contributed by atoms with van der Waals surface area (Å²) in [7, 11) is 1.58. The Balaban J connectivity index is 2.19. The third-order valence-electron chi connectivity index (χ3n) is 2.77. The van der Waals surface area contributed by atoms with E-state index in [0.717, 1.165) is 12.8 Å². The largest absolute Gasteiger partial charge is 0.490 e. The van der Waals surface area contributed by atoms with Gasteiger partial charge in [-0.25, -0.2) is 8.42 Å². The molecule has 0 N–H and O–H groups in total. The van der Waals surface area contributed by atoms with Gasteiger partial charge in [0.25, 0.3) is 9.05 Å². The van der Waals surface area contributed by atoms with Crippen molar-refractivity contribution >= 4 is 35.7 Å². The van der Waals surface area contributed by atoms with Crippen LogP contribution in [0.2, 0.25) is 0 Å². The molecule has 1 aromatic rings. The molecule has 0 bridgehead atoms. The Morgan fingerprint density at radius 2 is 1.94 bits per heavy atom. The van der Waals surface area contributed by atoms with Gasteiger partial charge in [-0.1, -0.05) is 0 Å². The zero-order valence-electron chi connectivity index (χ0n) is 9.03. The summed E-state index contributed by atoms with van der Waals surface area (Å²) in [5.74, 6) is 0.674. The van der Waals surface area contributed by atoms with E-state index < -0.39 is 9.05 Å². The molecule has 0 aliphatic heterocycles. The molecule has 1 aromatic carbocycles. The molecule has 0 amide bonds. The lowest BCUT2D eigenvalue weighted by atomic mass is 10.3. The van der Waals surface area contributed by atoms with E-state index >= 15 is 0 Å². The molecule has 0 atom stereocenters. The fourth-order valence-corrected chi connectivity index (χ4v) is 4.15. The van der Waals surface area contributed by atoms with Crippen molar-refractivity contribution in [2.24, 2.45) is 0 Å². The molecule has 0 unspecified atom stereocenters. The van der Waals surface area contributed by atoms with Gasteiger partial charge in [0.1, 0.15) is 5.75 Å². The maximum Gasteiger partial charge on any atom is 0.262 e. The zero-order chi connectivity index (χ0) is 12.5. The van der Waals surface area contributed by atoms with Crippen LogP contribution in [0.15, 0.2) is 27.6 Å². The third-order valence-corrected chi connectivity index (χ3v) is 5.07. The molecule has 0 aromatic heterocycles. The van der Waals surface area contributed by atoms with Gasteiger partial charge in [0.2, 0.25) is 0 Å². The van der Waals surface area contributed by atoms with E-state index in [-0.39, 0.29) is 11.0 Å². The first-order chi connectivity index (χ1) is 7.97. The average molecular weight is 340 g/mol. The van der Waals surface area contributed by atoms with Crippen molar-refractivity contribution in [1.82, 2.24) is 0 Å². The van der Waals surface area contributed by atoms with Crippen LogP contribution in [0.5, 0.6) is 5.75 Å². The summed E-state index contributed by atoms with van der Waals surface area (Å²) in [5, 5.41) is 0. The SMILES string of the molecule is O=S(=O)(Cl)c1ccc(OC2CCCC2)cc1Br. The lowest BCUT2D eigenvalue weighted by Crippen LogP contribution is -2.10. The van der Waals surface area contributed by atoms with Gasteiger partial charge < -0.3 is 4.74 Å². The van der Waals surface area contributed by atoms with Crippen LogP contribution in [0.1, 0.15) is 25.7 Å². The van der Waals surface area contributed by atoms with Gasteiger partial charge in [0, 0.05) is 15.2 Å². The molecule has 0 heterocycles. The Kier molecular flexibility index (Phi) is 4.00. The lowest BCUT2D eigenvalue weighted by Gasteiger charge is -2.13. The van der Waals surface area contributed by atoms with E-state index in [1.54, 1.807) is 12.1 Å². The van der Waals surface area contributed by atoms with Crippen LogP contribution in [0.4, 0.5) is 0 Å². The van der Waals surface area contributed by atoms with Crippen molar-refractivity contribution in [2.45, 2.75) is 36.7 Å². The highest BCUT2D eigenvalue weighted by molar-refractivity contribution is 9.10. The highest BCUT2D eigenvalue weighted by Crippen LogP contribution is 2.31. The Labute approximate surface area is 114 Å². The molecule has 2 rings (SSSR count). The van der Waals surface area contributed by atoms with Gasteiger partial charge >= 0.3 is 0 Å². The van der Waals surface area contributed by atoms with Crippen molar-refractivity contribution in [3.8, 4) is 5.75 Å². The molecule has 0 spiro atoms. The standard InChI is InChI=1S/C11H12BrClO3S/c12-10-7-9(16-8-3-1-2-4-8)5-6-11(10)17(13,14)15/h5-8H,1-4H2. The average Bonchev–Trinajstić information content (AvgIpc) is 2.68. The number of hydrogen-bond donors (Lipinski definition) is 0. The lowest BCUT2D eigenvalue weighted by molar-refractivity contribution is 0.210. The molecule has 3 nitrogen and oxygen atoms in total. The quantitative estimate of drug-likeness (QED) is 0.789. The molecular weight excluding hydrogens is 328 g/mol. The highest BCUT2D eigenvalue weighted by atomic mass is 79.9. The fourth-order valence-electron chi connectivity index (χ4n) is 1.95. The van der Waals surface area contributed by atoms with Crippen LogP contribution >= 0.6 is 26.6 Å². The van der Waals surface area contributed by atoms with Gasteiger partial charge in [0.15, 0.2) is 0 Å². The summed E-state index contributed by atoms with van der Waals surface area (Å²) in [6.07, 6.45) is 4.76. The predicted octanol–water partition coefficient (Wildman–Crippen LogP) is 3.70. The van der Waals surface area contributed by atoms with E-state index in [1.165, 1.54) is 18.9 Å². The van der Waals surface area contributed by atoms with Gasteiger partial charge in [-0.05, 0) is 59.8 Å². The van der Waals surface area contributed by atoms with Crippen molar-refractivity contribution in [3.63, 3.8) is 0 Å². The van der Waals surface area contributed by atoms with E-state index in [9.17, 15) is 8.42 Å². The molecule has 94 valence electrons. The van der Waals surface area contributed by atoms with Crippen LogP contribution in [-0.2, 0) is 9.05 Å². The van der Waals surface area contributed by atoms with Crippen molar-refractivity contribution in [1.29, 1.82) is 0 Å². The maximum atomic E-state index is 11.2. The normalized spacial score (nSPS) is 17.3. The minimum Gasteiger partial charge on any atom is -0.490 e. The van der Waals surface area contributed by atoms with Crippen LogP contribution in [0, 0.1) is 0 Å². The first-order valence-corrected chi connectivity index (χ1v) is 8.48. The number of ether oxygens (including phenoxy) is 1. The topological polar surface area (TPSA) is 43.4 Å². The summed E-state index contributed by atoms with van der Waals surface area (Å²) in [4.78, 5) is 0.0675. The minimum absolute atomic E-state index is 0.0675. The van der Waals surface area contributed by atoms with Crippen LogP contribution < -0.4 is 4.74 Å². The van der Waals surface area contributed by atoms with Gasteiger partial charge in [0.05, 0.1) is 11.0 Å². The fraction of sp³-hybridized carbons (Fsp3) is 0.455.